The van der Waals surface area contributed by atoms with E-state index >= 15 is 0 Å². The number of carbonyl (C=O) groups excluding carboxylic acids is 1. The van der Waals surface area contributed by atoms with E-state index in [9.17, 15) is 22.5 Å². The number of hydrogen-bond donors (Lipinski definition) is 1. The van der Waals surface area contributed by atoms with Crippen molar-refractivity contribution in [3.63, 3.8) is 0 Å². The Balaban J connectivity index is 2.13. The Labute approximate surface area is 239 Å². The van der Waals surface area contributed by atoms with Gasteiger partial charge in [0, 0.05) is 24.8 Å². The van der Waals surface area contributed by atoms with Gasteiger partial charge in [0.05, 0.1) is 11.7 Å². The quantitative estimate of drug-likeness (QED) is 0.229. The van der Waals surface area contributed by atoms with E-state index in [4.69, 9.17) is 30.1 Å². The highest BCUT2D eigenvalue weighted by Gasteiger charge is 2.35. The number of rotatable bonds is 13. The van der Waals surface area contributed by atoms with Crippen molar-refractivity contribution in [2.24, 2.45) is 0 Å². The van der Waals surface area contributed by atoms with E-state index in [1.807, 2.05) is 6.92 Å². The Bertz CT molecular complexity index is 1180. The molecule has 12 heteroatoms. The fourth-order valence-electron chi connectivity index (χ4n) is 4.10. The number of nitrogens with one attached hydrogen (secondary N) is 1. The van der Waals surface area contributed by atoms with E-state index in [0.29, 0.717) is 42.9 Å². The zero-order valence-corrected chi connectivity index (χ0v) is 25.3. The molecule has 1 amide bonds. The summed E-state index contributed by atoms with van der Waals surface area (Å²) in [5.74, 6) is 0.349. The minimum Gasteiger partial charge on any atom is -0.457 e. The Morgan fingerprint density at radius 3 is 2.20 bits per heavy atom. The van der Waals surface area contributed by atoms with Crippen LogP contribution in [-0.4, -0.2) is 37.6 Å². The molecule has 2 aromatic carbocycles. The zero-order valence-electron chi connectivity index (χ0n) is 23.7. The van der Waals surface area contributed by atoms with Gasteiger partial charge in [-0.25, -0.2) is 4.79 Å². The van der Waals surface area contributed by atoms with Crippen LogP contribution in [0.2, 0.25) is 5.02 Å². The normalized spacial score (nSPS) is 13.9. The van der Waals surface area contributed by atoms with Crippen LogP contribution in [0.4, 0.5) is 18.0 Å². The second-order valence-corrected chi connectivity index (χ2v) is 13.3. The molecule has 224 valence electrons. The van der Waals surface area contributed by atoms with Gasteiger partial charge in [0.15, 0.2) is 0 Å². The van der Waals surface area contributed by atoms with E-state index in [2.05, 4.69) is 5.32 Å². The summed E-state index contributed by atoms with van der Waals surface area (Å²) < 4.78 is 73.0. The van der Waals surface area contributed by atoms with Gasteiger partial charge < -0.3 is 23.8 Å². The molecule has 0 radical (unpaired) electrons. The minimum absolute atomic E-state index is 0.0454. The summed E-state index contributed by atoms with van der Waals surface area (Å²) in [7, 11) is -0.668. The van der Waals surface area contributed by atoms with Crippen LogP contribution < -0.4 is 10.1 Å². The average Bonchev–Trinajstić information content (AvgIpc) is 2.87. The SMILES string of the molecule is CCC(CCCc1ccc(Oc2cccc(C(F)(F)F)c2)cc1Cl)(CCP(=O)(OC)OC)NC(=O)OC(C)(C)C. The van der Waals surface area contributed by atoms with Crippen LogP contribution in [-0.2, 0) is 30.9 Å². The Morgan fingerprint density at radius 2 is 1.65 bits per heavy atom. The van der Waals surface area contributed by atoms with Gasteiger partial charge in [-0.05, 0) is 88.8 Å². The van der Waals surface area contributed by atoms with Crippen molar-refractivity contribution < 1.29 is 41.1 Å². The fraction of sp³-hybridized carbons (Fsp3) is 0.536. The summed E-state index contributed by atoms with van der Waals surface area (Å²) in [6.45, 7) is 7.24. The topological polar surface area (TPSA) is 83.1 Å². The first-order valence-electron chi connectivity index (χ1n) is 12.9. The molecular formula is C28H38ClF3NO6P. The summed E-state index contributed by atoms with van der Waals surface area (Å²) in [6.07, 6.45) is -2.39. The summed E-state index contributed by atoms with van der Waals surface area (Å²) in [4.78, 5) is 12.7. The van der Waals surface area contributed by atoms with Gasteiger partial charge in [-0.3, -0.25) is 4.57 Å². The standard InChI is InChI=1S/C28H38ClF3NO6P/c1-7-27(16-17-40(35,36-5)37-6,33-25(34)39-26(2,3)4)15-9-10-20-13-14-23(19-24(20)29)38-22-12-8-11-21(18-22)28(30,31)32/h8,11-14,18-19H,7,9-10,15-17H2,1-6H3,(H,33,34). The number of benzene rings is 2. The van der Waals surface area contributed by atoms with Crippen LogP contribution in [0.1, 0.15) is 64.5 Å². The van der Waals surface area contributed by atoms with Crippen LogP contribution in [0, 0.1) is 0 Å². The first kappa shape index (κ1) is 33.9. The lowest BCUT2D eigenvalue weighted by Crippen LogP contribution is -2.50. The number of halogens is 4. The third kappa shape index (κ3) is 10.6. The summed E-state index contributed by atoms with van der Waals surface area (Å²) in [5.41, 5.74) is -1.43. The monoisotopic (exact) mass is 607 g/mol. The number of hydrogen-bond acceptors (Lipinski definition) is 6. The third-order valence-corrected chi connectivity index (χ3v) is 8.62. The number of amides is 1. The van der Waals surface area contributed by atoms with Gasteiger partial charge in [0.2, 0.25) is 0 Å². The predicted octanol–water partition coefficient (Wildman–Crippen LogP) is 9.02. The maximum Gasteiger partial charge on any atom is 0.416 e. The summed E-state index contributed by atoms with van der Waals surface area (Å²) in [5, 5.41) is 3.38. The molecule has 1 N–H and O–H groups in total. The first-order chi connectivity index (χ1) is 18.5. The highest BCUT2D eigenvalue weighted by atomic mass is 35.5. The summed E-state index contributed by atoms with van der Waals surface area (Å²) in [6, 6.07) is 9.56. The third-order valence-electron chi connectivity index (χ3n) is 6.39. The largest absolute Gasteiger partial charge is 0.457 e. The number of ether oxygens (including phenoxy) is 2. The van der Waals surface area contributed by atoms with Crippen molar-refractivity contribution >= 4 is 25.3 Å². The number of carbonyl (C=O) groups is 1. The van der Waals surface area contributed by atoms with E-state index in [-0.39, 0.29) is 11.9 Å². The predicted molar refractivity (Wildman–Crippen MR) is 149 cm³/mol. The van der Waals surface area contributed by atoms with E-state index < -0.39 is 36.6 Å². The highest BCUT2D eigenvalue weighted by Crippen LogP contribution is 2.48. The van der Waals surface area contributed by atoms with Crippen molar-refractivity contribution in [2.75, 3.05) is 20.4 Å². The van der Waals surface area contributed by atoms with Crippen LogP contribution in [0.25, 0.3) is 0 Å². The number of alkyl carbamates (subject to hydrolysis) is 1. The van der Waals surface area contributed by atoms with Gasteiger partial charge >= 0.3 is 19.9 Å². The van der Waals surface area contributed by atoms with Crippen molar-refractivity contribution in [1.82, 2.24) is 5.32 Å². The van der Waals surface area contributed by atoms with Gasteiger partial charge in [0.1, 0.15) is 17.1 Å². The average molecular weight is 608 g/mol. The molecule has 7 nitrogen and oxygen atoms in total. The van der Waals surface area contributed by atoms with Crippen LogP contribution >= 0.6 is 19.2 Å². The molecule has 1 atom stereocenters. The molecule has 0 fully saturated rings. The maximum atomic E-state index is 13.0. The Kier molecular flexibility index (Phi) is 11.9. The van der Waals surface area contributed by atoms with Crippen molar-refractivity contribution in [3.05, 3.63) is 58.6 Å². The Morgan fingerprint density at radius 1 is 1.00 bits per heavy atom. The van der Waals surface area contributed by atoms with Gasteiger partial charge in [0.25, 0.3) is 0 Å². The van der Waals surface area contributed by atoms with E-state index in [1.54, 1.807) is 39.0 Å². The van der Waals surface area contributed by atoms with Crippen molar-refractivity contribution in [2.45, 2.75) is 77.1 Å². The first-order valence-corrected chi connectivity index (χ1v) is 15.0. The molecule has 0 bridgehead atoms. The lowest BCUT2D eigenvalue weighted by atomic mass is 9.86. The smallest absolute Gasteiger partial charge is 0.416 e. The highest BCUT2D eigenvalue weighted by molar-refractivity contribution is 7.53. The Hall–Kier alpha value is -2.26. The molecule has 0 spiro atoms. The lowest BCUT2D eigenvalue weighted by Gasteiger charge is -2.35. The second-order valence-electron chi connectivity index (χ2n) is 10.4. The molecule has 1 unspecified atom stereocenters. The zero-order chi connectivity index (χ0) is 30.2. The molecule has 0 aliphatic heterocycles. The molecule has 0 aliphatic carbocycles. The molecule has 40 heavy (non-hydrogen) atoms. The number of alkyl halides is 3. The second kappa shape index (κ2) is 14.1. The van der Waals surface area contributed by atoms with Gasteiger partial charge in [-0.2, -0.15) is 13.2 Å². The summed E-state index contributed by atoms with van der Waals surface area (Å²) >= 11 is 6.48. The lowest BCUT2D eigenvalue weighted by molar-refractivity contribution is -0.137. The maximum absolute atomic E-state index is 13.0. The van der Waals surface area contributed by atoms with Gasteiger partial charge in [-0.15, -0.1) is 0 Å². The number of aryl methyl sites for hydroxylation is 1. The molecule has 0 aliphatic rings. The van der Waals surface area contributed by atoms with E-state index in [1.165, 1.54) is 26.4 Å². The molecule has 2 aromatic rings. The molecule has 0 saturated carbocycles. The van der Waals surface area contributed by atoms with Crippen LogP contribution in [0.3, 0.4) is 0 Å². The molecule has 0 aromatic heterocycles. The van der Waals surface area contributed by atoms with Crippen LogP contribution in [0.5, 0.6) is 11.5 Å². The molecule has 2 rings (SSSR count). The van der Waals surface area contributed by atoms with Crippen molar-refractivity contribution in [1.29, 1.82) is 0 Å². The fourth-order valence-corrected chi connectivity index (χ4v) is 5.58. The van der Waals surface area contributed by atoms with Crippen LogP contribution in [0.15, 0.2) is 42.5 Å². The van der Waals surface area contributed by atoms with Gasteiger partial charge in [-0.1, -0.05) is 30.7 Å². The molecular weight excluding hydrogens is 570 g/mol. The van der Waals surface area contributed by atoms with E-state index in [0.717, 1.165) is 17.7 Å². The molecule has 0 saturated heterocycles. The van der Waals surface area contributed by atoms with Crippen molar-refractivity contribution in [3.8, 4) is 11.5 Å². The minimum atomic E-state index is -4.48. The molecule has 0 heterocycles.